The average molecular weight is 230 g/mol. The highest BCUT2D eigenvalue weighted by molar-refractivity contribution is 5.93. The minimum atomic E-state index is -0.0618. The molecule has 1 nitrogen and oxygen atoms in total. The normalized spacial score (nSPS) is 22.3. The largest absolute Gasteiger partial charge is 0.299 e. The summed E-state index contributed by atoms with van der Waals surface area (Å²) in [6.45, 7) is 6.46. The van der Waals surface area contributed by atoms with E-state index in [1.54, 1.807) is 0 Å². The summed E-state index contributed by atoms with van der Waals surface area (Å²) in [6, 6.07) is 8.84. The summed E-state index contributed by atoms with van der Waals surface area (Å²) in [5, 5.41) is 0. The lowest BCUT2D eigenvalue weighted by molar-refractivity contribution is -0.141. The van der Waals surface area contributed by atoms with E-state index in [0.29, 0.717) is 11.7 Å². The maximum absolute atomic E-state index is 11.9. The summed E-state index contributed by atoms with van der Waals surface area (Å²) in [4.78, 5) is 11.9. The fourth-order valence-corrected chi connectivity index (χ4v) is 3.21. The Hall–Kier alpha value is -1.11. The van der Waals surface area contributed by atoms with Gasteiger partial charge in [0.15, 0.2) is 0 Å². The van der Waals surface area contributed by atoms with Crippen LogP contribution in [0.4, 0.5) is 0 Å². The fourth-order valence-electron chi connectivity index (χ4n) is 3.21. The summed E-state index contributed by atoms with van der Waals surface area (Å²) in [7, 11) is 0. The number of carbonyl (C=O) groups is 1. The van der Waals surface area contributed by atoms with Gasteiger partial charge < -0.3 is 0 Å². The molecule has 1 aliphatic carbocycles. The summed E-state index contributed by atoms with van der Waals surface area (Å²) >= 11 is 0. The molecular weight excluding hydrogens is 208 g/mol. The molecule has 1 heteroatoms. The van der Waals surface area contributed by atoms with Crippen LogP contribution in [0.3, 0.4) is 0 Å². The van der Waals surface area contributed by atoms with Gasteiger partial charge >= 0.3 is 0 Å². The van der Waals surface area contributed by atoms with Crippen LogP contribution in [0.5, 0.6) is 0 Å². The van der Waals surface area contributed by atoms with Gasteiger partial charge in [0.25, 0.3) is 0 Å². The molecule has 0 N–H and O–H groups in total. The summed E-state index contributed by atoms with van der Waals surface area (Å²) in [5.74, 6) is 0.919. The van der Waals surface area contributed by atoms with Crippen LogP contribution < -0.4 is 0 Å². The first-order valence-electron chi connectivity index (χ1n) is 6.80. The van der Waals surface area contributed by atoms with Crippen LogP contribution in [0.1, 0.15) is 57.1 Å². The van der Waals surface area contributed by atoms with Crippen LogP contribution >= 0.6 is 0 Å². The Bertz CT molecular complexity index is 398. The first-order chi connectivity index (χ1) is 8.17. The van der Waals surface area contributed by atoms with E-state index in [1.807, 2.05) is 0 Å². The van der Waals surface area contributed by atoms with Crippen molar-refractivity contribution in [1.29, 1.82) is 0 Å². The minimum Gasteiger partial charge on any atom is -0.299 e. The smallest absolute Gasteiger partial charge is 0.140 e. The fraction of sp³-hybridized carbons (Fsp3) is 0.562. The second kappa shape index (κ2) is 4.64. The van der Waals surface area contributed by atoms with E-state index < -0.39 is 0 Å². The topological polar surface area (TPSA) is 17.1 Å². The van der Waals surface area contributed by atoms with Gasteiger partial charge in [0.1, 0.15) is 5.78 Å². The molecule has 1 aromatic rings. The van der Waals surface area contributed by atoms with E-state index in [9.17, 15) is 4.79 Å². The minimum absolute atomic E-state index is 0.0618. The predicted octanol–water partition coefficient (Wildman–Crippen LogP) is 4.11. The zero-order chi connectivity index (χ0) is 12.5. The van der Waals surface area contributed by atoms with Crippen molar-refractivity contribution in [2.24, 2.45) is 5.41 Å². The molecule has 1 aromatic carbocycles. The first-order valence-corrected chi connectivity index (χ1v) is 6.80. The van der Waals surface area contributed by atoms with Crippen molar-refractivity contribution in [3.8, 4) is 0 Å². The van der Waals surface area contributed by atoms with Crippen LogP contribution in [0.15, 0.2) is 24.3 Å². The van der Waals surface area contributed by atoms with Gasteiger partial charge in [-0.2, -0.15) is 0 Å². The van der Waals surface area contributed by atoms with Gasteiger partial charge in [-0.1, -0.05) is 45.0 Å². The van der Waals surface area contributed by atoms with Gasteiger partial charge in [0, 0.05) is 17.8 Å². The van der Waals surface area contributed by atoms with Crippen molar-refractivity contribution in [1.82, 2.24) is 0 Å². The van der Waals surface area contributed by atoms with Crippen LogP contribution in [0, 0.1) is 5.41 Å². The third-order valence-corrected chi connectivity index (χ3v) is 4.66. The quantitative estimate of drug-likeness (QED) is 0.760. The number of aryl methyl sites for hydroxylation is 1. The second-order valence-corrected chi connectivity index (χ2v) is 5.14. The van der Waals surface area contributed by atoms with Crippen LogP contribution in [-0.4, -0.2) is 5.78 Å². The maximum atomic E-state index is 11.9. The summed E-state index contributed by atoms with van der Waals surface area (Å²) in [5.41, 5.74) is 2.66. The lowest BCUT2D eigenvalue weighted by atomic mass is 9.54. The van der Waals surface area contributed by atoms with Crippen molar-refractivity contribution < 1.29 is 4.79 Å². The van der Waals surface area contributed by atoms with Crippen molar-refractivity contribution in [2.45, 2.75) is 52.4 Å². The highest BCUT2D eigenvalue weighted by atomic mass is 16.1. The molecule has 0 saturated heterocycles. The summed E-state index contributed by atoms with van der Waals surface area (Å²) < 4.78 is 0. The third-order valence-electron chi connectivity index (χ3n) is 4.66. The standard InChI is InChI=1S/C16H22O/c1-4-12-7-9-13(10-8-12)14-11-15(17)16(14,5-2)6-3/h7-10,14H,4-6,11H2,1-3H3. The van der Waals surface area contributed by atoms with E-state index in [2.05, 4.69) is 45.0 Å². The Morgan fingerprint density at radius 1 is 1.12 bits per heavy atom. The Morgan fingerprint density at radius 2 is 1.71 bits per heavy atom. The molecule has 0 amide bonds. The Balaban J connectivity index is 2.25. The lowest BCUT2D eigenvalue weighted by Gasteiger charge is -2.47. The van der Waals surface area contributed by atoms with Gasteiger partial charge in [-0.15, -0.1) is 0 Å². The number of rotatable bonds is 4. The number of ketones is 1. The third kappa shape index (κ3) is 1.82. The Labute approximate surface area is 104 Å². The number of carbonyl (C=O) groups excluding carboxylic acids is 1. The van der Waals surface area contributed by atoms with E-state index in [0.717, 1.165) is 25.7 Å². The van der Waals surface area contributed by atoms with Crippen LogP contribution in [0.25, 0.3) is 0 Å². The van der Waals surface area contributed by atoms with Gasteiger partial charge in [-0.3, -0.25) is 4.79 Å². The van der Waals surface area contributed by atoms with Gasteiger partial charge in [-0.25, -0.2) is 0 Å². The molecule has 1 fully saturated rings. The molecule has 0 aliphatic heterocycles. The molecule has 1 atom stereocenters. The Morgan fingerprint density at radius 3 is 2.12 bits per heavy atom. The molecule has 2 rings (SSSR count). The van der Waals surface area contributed by atoms with E-state index in [-0.39, 0.29) is 5.41 Å². The van der Waals surface area contributed by atoms with Gasteiger partial charge in [0.05, 0.1) is 0 Å². The van der Waals surface area contributed by atoms with E-state index >= 15 is 0 Å². The summed E-state index contributed by atoms with van der Waals surface area (Å²) in [6.07, 6.45) is 3.77. The molecule has 0 spiro atoms. The van der Waals surface area contributed by atoms with E-state index in [4.69, 9.17) is 0 Å². The van der Waals surface area contributed by atoms with Crippen molar-refractivity contribution in [3.63, 3.8) is 0 Å². The second-order valence-electron chi connectivity index (χ2n) is 5.14. The molecule has 17 heavy (non-hydrogen) atoms. The highest BCUT2D eigenvalue weighted by Crippen LogP contribution is 2.54. The maximum Gasteiger partial charge on any atom is 0.140 e. The number of hydrogen-bond donors (Lipinski definition) is 0. The molecule has 0 bridgehead atoms. The average Bonchev–Trinajstić information content (AvgIpc) is 2.38. The predicted molar refractivity (Wildman–Crippen MR) is 71.2 cm³/mol. The van der Waals surface area contributed by atoms with Crippen LogP contribution in [0.2, 0.25) is 0 Å². The van der Waals surface area contributed by atoms with Crippen molar-refractivity contribution >= 4 is 5.78 Å². The molecule has 1 saturated carbocycles. The molecule has 0 aromatic heterocycles. The van der Waals surface area contributed by atoms with E-state index in [1.165, 1.54) is 11.1 Å². The van der Waals surface area contributed by atoms with Crippen molar-refractivity contribution in [2.75, 3.05) is 0 Å². The SMILES string of the molecule is CCc1ccc(C2CC(=O)C2(CC)CC)cc1. The van der Waals surface area contributed by atoms with Crippen molar-refractivity contribution in [3.05, 3.63) is 35.4 Å². The lowest BCUT2D eigenvalue weighted by Crippen LogP contribution is -2.47. The Kier molecular flexibility index (Phi) is 3.37. The zero-order valence-electron chi connectivity index (χ0n) is 11.1. The number of hydrogen-bond acceptors (Lipinski definition) is 1. The van der Waals surface area contributed by atoms with Gasteiger partial charge in [-0.05, 0) is 30.4 Å². The molecule has 1 unspecified atom stereocenters. The molecule has 92 valence electrons. The number of Topliss-reactive ketones (excluding diaryl/α,β-unsaturated/α-hetero) is 1. The molecule has 0 heterocycles. The number of benzene rings is 1. The first kappa shape index (κ1) is 12.3. The highest BCUT2D eigenvalue weighted by Gasteiger charge is 2.52. The molecule has 0 radical (unpaired) electrons. The molecular formula is C16H22O. The monoisotopic (exact) mass is 230 g/mol. The van der Waals surface area contributed by atoms with Crippen LogP contribution in [-0.2, 0) is 11.2 Å². The zero-order valence-corrected chi connectivity index (χ0v) is 11.1. The van der Waals surface area contributed by atoms with Gasteiger partial charge in [0.2, 0.25) is 0 Å². The molecule has 1 aliphatic rings.